The fourth-order valence-corrected chi connectivity index (χ4v) is 4.98. The maximum absolute atomic E-state index is 13.0. The SMILES string of the molecule is CCOc1cc(/C=N/NC(=O)c2cccc(S(=O)(=O)Nc3ccccc3Cl)c2)ccc1OCCOc1ccc(F)cc1. The number of amides is 1. The third-order valence-electron chi connectivity index (χ3n) is 5.60. The number of ether oxygens (including phenoxy) is 3. The molecule has 0 aromatic heterocycles. The van der Waals surface area contributed by atoms with Crippen LogP contribution in [0.1, 0.15) is 22.8 Å². The maximum Gasteiger partial charge on any atom is 0.271 e. The minimum atomic E-state index is -3.99. The Morgan fingerprint density at radius 2 is 1.67 bits per heavy atom. The summed E-state index contributed by atoms with van der Waals surface area (Å²) in [6.07, 6.45) is 1.42. The van der Waals surface area contributed by atoms with Gasteiger partial charge in [0, 0.05) is 5.56 Å². The molecule has 0 heterocycles. The van der Waals surface area contributed by atoms with Crippen molar-refractivity contribution in [2.45, 2.75) is 11.8 Å². The summed E-state index contributed by atoms with van der Waals surface area (Å²) >= 11 is 6.06. The number of hydrogen-bond acceptors (Lipinski definition) is 7. The van der Waals surface area contributed by atoms with Crippen molar-refractivity contribution in [3.05, 3.63) is 113 Å². The Morgan fingerprint density at radius 3 is 2.43 bits per heavy atom. The number of para-hydroxylation sites is 1. The Bertz CT molecular complexity index is 1670. The predicted molar refractivity (Wildman–Crippen MR) is 159 cm³/mol. The zero-order valence-electron chi connectivity index (χ0n) is 22.4. The fraction of sp³-hybridized carbons (Fsp3) is 0.133. The molecule has 12 heteroatoms. The molecule has 0 unspecified atom stereocenters. The number of halogens is 2. The number of benzene rings is 4. The van der Waals surface area contributed by atoms with Gasteiger partial charge in [-0.25, -0.2) is 18.2 Å². The molecule has 0 aliphatic heterocycles. The number of carbonyl (C=O) groups excluding carboxylic acids is 1. The van der Waals surface area contributed by atoms with Gasteiger partial charge in [-0.15, -0.1) is 0 Å². The highest BCUT2D eigenvalue weighted by Crippen LogP contribution is 2.28. The highest BCUT2D eigenvalue weighted by atomic mass is 35.5. The second-order valence-electron chi connectivity index (χ2n) is 8.60. The smallest absolute Gasteiger partial charge is 0.271 e. The number of nitrogens with one attached hydrogen (secondary N) is 2. The average Bonchev–Trinajstić information content (AvgIpc) is 2.98. The number of hydrogen-bond donors (Lipinski definition) is 2. The van der Waals surface area contributed by atoms with Gasteiger partial charge in [0.15, 0.2) is 11.5 Å². The Hall–Kier alpha value is -4.61. The molecule has 2 N–H and O–H groups in total. The summed E-state index contributed by atoms with van der Waals surface area (Å²) in [4.78, 5) is 12.6. The van der Waals surface area contributed by atoms with E-state index in [4.69, 9.17) is 25.8 Å². The molecule has 0 spiro atoms. The Labute approximate surface area is 247 Å². The molecule has 0 saturated heterocycles. The van der Waals surface area contributed by atoms with Crippen LogP contribution < -0.4 is 24.4 Å². The standard InChI is InChI=1S/C30H27ClFN3O6S/c1-2-39-29-18-21(10-15-28(29)41-17-16-40-24-13-11-23(32)12-14-24)20-33-34-30(36)22-6-5-7-25(19-22)42(37,38)35-27-9-4-3-8-26(27)31/h3-15,18-20,35H,2,16-17H2,1H3,(H,34,36)/b33-20+. The lowest BCUT2D eigenvalue weighted by Crippen LogP contribution is -2.19. The zero-order valence-corrected chi connectivity index (χ0v) is 24.0. The van der Waals surface area contributed by atoms with Crippen LogP contribution in [0.5, 0.6) is 17.2 Å². The molecule has 0 saturated carbocycles. The summed E-state index contributed by atoms with van der Waals surface area (Å²) in [5.74, 6) is 0.543. The quantitative estimate of drug-likeness (QED) is 0.110. The highest BCUT2D eigenvalue weighted by molar-refractivity contribution is 7.92. The molecule has 42 heavy (non-hydrogen) atoms. The first kappa shape index (κ1) is 30.4. The molecule has 0 atom stereocenters. The van der Waals surface area contributed by atoms with Gasteiger partial charge in [0.1, 0.15) is 24.8 Å². The Kier molecular flexibility index (Phi) is 10.4. The van der Waals surface area contributed by atoms with Crippen molar-refractivity contribution in [3.8, 4) is 17.2 Å². The van der Waals surface area contributed by atoms with Crippen LogP contribution >= 0.6 is 11.6 Å². The molecule has 0 fully saturated rings. The second-order valence-corrected chi connectivity index (χ2v) is 10.7. The van der Waals surface area contributed by atoms with E-state index in [0.717, 1.165) is 0 Å². The van der Waals surface area contributed by atoms with Gasteiger partial charge in [-0.2, -0.15) is 5.10 Å². The van der Waals surface area contributed by atoms with Gasteiger partial charge in [-0.1, -0.05) is 29.8 Å². The van der Waals surface area contributed by atoms with Crippen LogP contribution in [-0.4, -0.2) is 40.4 Å². The molecule has 9 nitrogen and oxygen atoms in total. The lowest BCUT2D eigenvalue weighted by Gasteiger charge is -2.13. The van der Waals surface area contributed by atoms with E-state index in [1.165, 1.54) is 60.8 Å². The molecule has 0 bridgehead atoms. The monoisotopic (exact) mass is 611 g/mol. The van der Waals surface area contributed by atoms with E-state index < -0.39 is 15.9 Å². The molecule has 0 aliphatic rings. The lowest BCUT2D eigenvalue weighted by atomic mass is 10.2. The van der Waals surface area contributed by atoms with E-state index in [1.54, 1.807) is 36.4 Å². The molecule has 4 aromatic carbocycles. The van der Waals surface area contributed by atoms with Gasteiger partial charge in [0.05, 0.1) is 28.4 Å². The number of rotatable bonds is 13. The van der Waals surface area contributed by atoms with Crippen LogP contribution in [0, 0.1) is 5.82 Å². The summed E-state index contributed by atoms with van der Waals surface area (Å²) < 4.78 is 58.1. The number of nitrogens with zero attached hydrogens (tertiary/aromatic N) is 1. The minimum absolute atomic E-state index is 0.0933. The van der Waals surface area contributed by atoms with Gasteiger partial charge in [0.2, 0.25) is 0 Å². The van der Waals surface area contributed by atoms with Crippen molar-refractivity contribution in [3.63, 3.8) is 0 Å². The van der Waals surface area contributed by atoms with Crippen molar-refractivity contribution in [1.29, 1.82) is 0 Å². The zero-order chi connectivity index (χ0) is 30.0. The summed E-state index contributed by atoms with van der Waals surface area (Å²) in [5.41, 5.74) is 3.33. The van der Waals surface area contributed by atoms with Gasteiger partial charge in [0.25, 0.3) is 15.9 Å². The normalized spacial score (nSPS) is 11.2. The summed E-state index contributed by atoms with van der Waals surface area (Å²) in [6, 6.07) is 22.8. The van der Waals surface area contributed by atoms with Crippen LogP contribution in [0.15, 0.2) is 101 Å². The molecule has 4 rings (SSSR count). The van der Waals surface area contributed by atoms with E-state index in [9.17, 15) is 17.6 Å². The van der Waals surface area contributed by atoms with Gasteiger partial charge < -0.3 is 14.2 Å². The van der Waals surface area contributed by atoms with Crippen LogP contribution in [0.4, 0.5) is 10.1 Å². The Balaban J connectivity index is 1.35. The van der Waals surface area contributed by atoms with Crippen LogP contribution in [0.25, 0.3) is 0 Å². The number of hydrazone groups is 1. The van der Waals surface area contributed by atoms with Crippen molar-refractivity contribution in [1.82, 2.24) is 5.43 Å². The topological polar surface area (TPSA) is 115 Å². The Morgan fingerprint density at radius 1 is 0.905 bits per heavy atom. The van der Waals surface area contributed by atoms with Crippen molar-refractivity contribution >= 4 is 39.4 Å². The van der Waals surface area contributed by atoms with E-state index >= 15 is 0 Å². The van der Waals surface area contributed by atoms with Gasteiger partial charge in [-0.3, -0.25) is 9.52 Å². The van der Waals surface area contributed by atoms with Gasteiger partial charge in [-0.05, 0) is 85.3 Å². The van der Waals surface area contributed by atoms with Crippen LogP contribution in [0.3, 0.4) is 0 Å². The van der Waals surface area contributed by atoms with Gasteiger partial charge >= 0.3 is 0 Å². The average molecular weight is 612 g/mol. The first-order valence-corrected chi connectivity index (χ1v) is 14.6. The van der Waals surface area contributed by atoms with Crippen LogP contribution in [-0.2, 0) is 10.0 Å². The molecule has 218 valence electrons. The molecule has 1 amide bonds. The fourth-order valence-electron chi connectivity index (χ4n) is 3.62. The van der Waals surface area contributed by atoms with E-state index in [1.807, 2.05) is 6.92 Å². The maximum atomic E-state index is 13.0. The first-order valence-electron chi connectivity index (χ1n) is 12.7. The number of anilines is 1. The van der Waals surface area contributed by atoms with Crippen LogP contribution in [0.2, 0.25) is 5.02 Å². The molecule has 4 aromatic rings. The van der Waals surface area contributed by atoms with Crippen molar-refractivity contribution in [2.75, 3.05) is 24.5 Å². The molecule has 0 radical (unpaired) electrons. The highest BCUT2D eigenvalue weighted by Gasteiger charge is 2.17. The third-order valence-corrected chi connectivity index (χ3v) is 7.29. The predicted octanol–water partition coefficient (Wildman–Crippen LogP) is 5.90. The number of sulfonamides is 1. The van der Waals surface area contributed by atoms with E-state index in [-0.39, 0.29) is 40.2 Å². The summed E-state index contributed by atoms with van der Waals surface area (Å²) in [6.45, 7) is 2.69. The molecular weight excluding hydrogens is 585 g/mol. The first-order chi connectivity index (χ1) is 20.2. The largest absolute Gasteiger partial charge is 0.490 e. The van der Waals surface area contributed by atoms with E-state index in [2.05, 4.69) is 15.2 Å². The second kappa shape index (κ2) is 14.3. The molecular formula is C30H27ClFN3O6S. The number of carbonyl (C=O) groups is 1. The van der Waals surface area contributed by atoms with E-state index in [0.29, 0.717) is 29.4 Å². The third kappa shape index (κ3) is 8.45. The minimum Gasteiger partial charge on any atom is -0.490 e. The summed E-state index contributed by atoms with van der Waals surface area (Å²) in [7, 11) is -3.99. The lowest BCUT2D eigenvalue weighted by molar-refractivity contribution is 0.0955. The van der Waals surface area contributed by atoms with Crippen molar-refractivity contribution < 1.29 is 31.8 Å². The summed E-state index contributed by atoms with van der Waals surface area (Å²) in [5, 5.41) is 4.23. The molecule has 0 aliphatic carbocycles. The van der Waals surface area contributed by atoms with Crippen molar-refractivity contribution in [2.24, 2.45) is 5.10 Å².